The van der Waals surface area contributed by atoms with E-state index in [9.17, 15) is 13.2 Å². The van der Waals surface area contributed by atoms with E-state index in [1.807, 2.05) is 30.3 Å². The Morgan fingerprint density at radius 2 is 1.95 bits per heavy atom. The molecule has 20 heavy (non-hydrogen) atoms. The van der Waals surface area contributed by atoms with Gasteiger partial charge in [0.25, 0.3) is 0 Å². The van der Waals surface area contributed by atoms with Crippen LogP contribution >= 0.6 is 0 Å². The molecule has 1 atom stereocenters. The number of rotatable bonds is 8. The molecule has 0 saturated carbocycles. The molecule has 1 aromatic carbocycles. The summed E-state index contributed by atoms with van der Waals surface area (Å²) in [6, 6.07) is 8.75. The van der Waals surface area contributed by atoms with Crippen molar-refractivity contribution in [1.82, 2.24) is 10.0 Å². The highest BCUT2D eigenvalue weighted by molar-refractivity contribution is 7.89. The lowest BCUT2D eigenvalue weighted by Crippen LogP contribution is -2.44. The first kappa shape index (κ1) is 16.6. The highest BCUT2D eigenvalue weighted by Crippen LogP contribution is 2.01. The van der Waals surface area contributed by atoms with E-state index in [0.29, 0.717) is 13.0 Å². The second kappa shape index (κ2) is 7.98. The maximum Gasteiger partial charge on any atom is 0.237 e. The van der Waals surface area contributed by atoms with Crippen molar-refractivity contribution in [3.8, 4) is 0 Å². The first-order valence-electron chi connectivity index (χ1n) is 6.49. The molecule has 7 heteroatoms. The normalized spacial score (nSPS) is 12.9. The third-order valence-corrected chi connectivity index (χ3v) is 4.14. The summed E-state index contributed by atoms with van der Waals surface area (Å²) in [5.41, 5.74) is 6.75. The monoisotopic (exact) mass is 299 g/mol. The lowest BCUT2D eigenvalue weighted by Gasteiger charge is -2.12. The number of hydrogen-bond donors (Lipinski definition) is 3. The van der Waals surface area contributed by atoms with Crippen molar-refractivity contribution in [3.63, 3.8) is 0 Å². The van der Waals surface area contributed by atoms with Crippen molar-refractivity contribution in [2.75, 3.05) is 18.8 Å². The standard InChI is InChI=1S/C13H21N3O3S/c1-2-16-20(18,19)9-8-15-13(17)12(14)10-11-6-4-3-5-7-11/h3-7,12,16H,2,8-10,14H2,1H3,(H,15,17). The van der Waals surface area contributed by atoms with Gasteiger partial charge in [-0.1, -0.05) is 37.3 Å². The van der Waals surface area contributed by atoms with Gasteiger partial charge in [0.05, 0.1) is 11.8 Å². The third-order valence-electron chi connectivity index (χ3n) is 2.67. The van der Waals surface area contributed by atoms with Crippen LogP contribution in [0.1, 0.15) is 12.5 Å². The molecule has 1 rings (SSSR count). The highest BCUT2D eigenvalue weighted by atomic mass is 32.2. The Hall–Kier alpha value is -1.44. The van der Waals surface area contributed by atoms with Crippen molar-refractivity contribution in [2.45, 2.75) is 19.4 Å². The van der Waals surface area contributed by atoms with Gasteiger partial charge >= 0.3 is 0 Å². The van der Waals surface area contributed by atoms with E-state index in [0.717, 1.165) is 5.56 Å². The zero-order valence-electron chi connectivity index (χ0n) is 11.5. The van der Waals surface area contributed by atoms with Crippen molar-refractivity contribution in [2.24, 2.45) is 5.73 Å². The van der Waals surface area contributed by atoms with Gasteiger partial charge in [-0.25, -0.2) is 13.1 Å². The fourth-order valence-electron chi connectivity index (χ4n) is 1.69. The molecular formula is C13H21N3O3S. The molecule has 0 aliphatic rings. The molecule has 0 bridgehead atoms. The first-order valence-corrected chi connectivity index (χ1v) is 8.14. The average Bonchev–Trinajstić information content (AvgIpc) is 2.39. The van der Waals surface area contributed by atoms with Crippen LogP contribution in [-0.4, -0.2) is 39.2 Å². The van der Waals surface area contributed by atoms with Crippen molar-refractivity contribution < 1.29 is 13.2 Å². The SMILES string of the molecule is CCNS(=O)(=O)CCNC(=O)C(N)Cc1ccccc1. The predicted octanol–water partition coefficient (Wildman–Crippen LogP) is -0.388. The topological polar surface area (TPSA) is 101 Å². The van der Waals surface area contributed by atoms with Gasteiger partial charge in [-0.2, -0.15) is 0 Å². The van der Waals surface area contributed by atoms with Crippen molar-refractivity contribution in [3.05, 3.63) is 35.9 Å². The van der Waals surface area contributed by atoms with Crippen LogP contribution in [0.3, 0.4) is 0 Å². The van der Waals surface area contributed by atoms with E-state index in [1.165, 1.54) is 0 Å². The molecule has 0 radical (unpaired) electrons. The summed E-state index contributed by atoms with van der Waals surface area (Å²) in [7, 11) is -3.32. The Kier molecular flexibility index (Phi) is 6.63. The minimum atomic E-state index is -3.32. The minimum Gasteiger partial charge on any atom is -0.354 e. The van der Waals surface area contributed by atoms with Gasteiger partial charge in [-0.15, -0.1) is 0 Å². The molecule has 0 fully saturated rings. The number of carbonyl (C=O) groups is 1. The molecule has 112 valence electrons. The Morgan fingerprint density at radius 3 is 2.55 bits per heavy atom. The molecule has 1 unspecified atom stereocenters. The number of hydrogen-bond acceptors (Lipinski definition) is 4. The molecular weight excluding hydrogens is 278 g/mol. The number of amides is 1. The van der Waals surface area contributed by atoms with Crippen LogP contribution in [-0.2, 0) is 21.2 Å². The fourth-order valence-corrected chi connectivity index (χ4v) is 2.65. The van der Waals surface area contributed by atoms with Gasteiger partial charge in [-0.05, 0) is 12.0 Å². The second-order valence-electron chi connectivity index (χ2n) is 4.40. The van der Waals surface area contributed by atoms with Crippen LogP contribution in [0.5, 0.6) is 0 Å². The number of nitrogens with one attached hydrogen (secondary N) is 2. The van der Waals surface area contributed by atoms with Gasteiger partial charge < -0.3 is 11.1 Å². The van der Waals surface area contributed by atoms with E-state index >= 15 is 0 Å². The number of sulfonamides is 1. The number of benzene rings is 1. The molecule has 0 heterocycles. The Balaban J connectivity index is 2.36. The molecule has 0 aromatic heterocycles. The summed E-state index contributed by atoms with van der Waals surface area (Å²) in [5, 5.41) is 2.53. The molecule has 1 aromatic rings. The fraction of sp³-hybridized carbons (Fsp3) is 0.462. The van der Waals surface area contributed by atoms with E-state index in [-0.39, 0.29) is 18.2 Å². The van der Waals surface area contributed by atoms with E-state index in [4.69, 9.17) is 5.73 Å². The summed E-state index contributed by atoms with van der Waals surface area (Å²) >= 11 is 0. The lowest BCUT2D eigenvalue weighted by atomic mass is 10.1. The van der Waals surface area contributed by atoms with E-state index < -0.39 is 16.1 Å². The first-order chi connectivity index (χ1) is 9.44. The quantitative estimate of drug-likeness (QED) is 0.608. The average molecular weight is 299 g/mol. The Labute approximate surface area is 119 Å². The molecule has 4 N–H and O–H groups in total. The minimum absolute atomic E-state index is 0.0522. The largest absolute Gasteiger partial charge is 0.354 e. The summed E-state index contributed by atoms with van der Waals surface area (Å²) in [4.78, 5) is 11.7. The molecule has 0 saturated heterocycles. The van der Waals surface area contributed by atoms with Gasteiger partial charge in [0.2, 0.25) is 15.9 Å². The highest BCUT2D eigenvalue weighted by Gasteiger charge is 2.15. The van der Waals surface area contributed by atoms with Gasteiger partial charge in [0.15, 0.2) is 0 Å². The van der Waals surface area contributed by atoms with Crippen LogP contribution in [0.2, 0.25) is 0 Å². The zero-order chi connectivity index (χ0) is 15.0. The summed E-state index contributed by atoms with van der Waals surface area (Å²) in [6.45, 7) is 2.09. The van der Waals surface area contributed by atoms with Crippen LogP contribution in [0.4, 0.5) is 0 Å². The van der Waals surface area contributed by atoms with Crippen LogP contribution < -0.4 is 15.8 Å². The predicted molar refractivity (Wildman–Crippen MR) is 78.6 cm³/mol. The van der Waals surface area contributed by atoms with Crippen LogP contribution in [0.15, 0.2) is 30.3 Å². The third kappa shape index (κ3) is 6.14. The Morgan fingerprint density at radius 1 is 1.30 bits per heavy atom. The van der Waals surface area contributed by atoms with Crippen LogP contribution in [0.25, 0.3) is 0 Å². The van der Waals surface area contributed by atoms with Crippen molar-refractivity contribution in [1.29, 1.82) is 0 Å². The van der Waals surface area contributed by atoms with Crippen molar-refractivity contribution >= 4 is 15.9 Å². The molecule has 1 amide bonds. The zero-order valence-corrected chi connectivity index (χ0v) is 12.3. The Bertz CT molecular complexity index is 517. The van der Waals surface area contributed by atoms with Crippen LogP contribution in [0, 0.1) is 0 Å². The van der Waals surface area contributed by atoms with Gasteiger partial charge in [0.1, 0.15) is 0 Å². The molecule has 0 spiro atoms. The van der Waals surface area contributed by atoms with Gasteiger partial charge in [0, 0.05) is 13.1 Å². The lowest BCUT2D eigenvalue weighted by molar-refractivity contribution is -0.122. The summed E-state index contributed by atoms with van der Waals surface area (Å²) in [5.74, 6) is -0.495. The number of nitrogens with two attached hydrogens (primary N) is 1. The van der Waals surface area contributed by atoms with Gasteiger partial charge in [-0.3, -0.25) is 4.79 Å². The summed E-state index contributed by atoms with van der Waals surface area (Å²) < 4.78 is 25.1. The molecule has 0 aliphatic carbocycles. The summed E-state index contributed by atoms with van der Waals surface area (Å²) in [6.07, 6.45) is 0.423. The number of carbonyl (C=O) groups excluding carboxylic acids is 1. The second-order valence-corrected chi connectivity index (χ2v) is 6.33. The molecule has 0 aliphatic heterocycles. The maximum absolute atomic E-state index is 11.7. The van der Waals surface area contributed by atoms with E-state index in [2.05, 4.69) is 10.0 Å². The maximum atomic E-state index is 11.7. The smallest absolute Gasteiger partial charge is 0.237 e. The molecule has 6 nitrogen and oxygen atoms in total. The van der Waals surface area contributed by atoms with E-state index in [1.54, 1.807) is 6.92 Å².